The number of nitrogens with one attached hydrogen (secondary N) is 2. The fraction of sp³-hybridized carbons (Fsp3) is 0.333. The van der Waals surface area contributed by atoms with Crippen molar-refractivity contribution >= 4 is 17.6 Å². The van der Waals surface area contributed by atoms with Crippen LogP contribution in [0.5, 0.6) is 0 Å². The molecule has 0 atom stereocenters. The van der Waals surface area contributed by atoms with E-state index in [2.05, 4.69) is 10.6 Å². The summed E-state index contributed by atoms with van der Waals surface area (Å²) in [5, 5.41) is 14.6. The van der Waals surface area contributed by atoms with Gasteiger partial charge in [0.1, 0.15) is 0 Å². The Kier molecular flexibility index (Phi) is 5.00. The third-order valence-electron chi connectivity index (χ3n) is 2.20. The highest BCUT2D eigenvalue weighted by Gasteiger charge is 2.08. The number of amides is 1. The molecule has 0 spiro atoms. The predicted molar refractivity (Wildman–Crippen MR) is 65.2 cm³/mol. The van der Waals surface area contributed by atoms with E-state index >= 15 is 0 Å². The number of rotatable bonds is 6. The van der Waals surface area contributed by atoms with E-state index in [0.29, 0.717) is 25.2 Å². The number of carbonyl (C=O) groups is 2. The van der Waals surface area contributed by atoms with Gasteiger partial charge in [-0.25, -0.2) is 4.79 Å². The van der Waals surface area contributed by atoms with Crippen LogP contribution in [0.4, 0.5) is 5.69 Å². The lowest BCUT2D eigenvalue weighted by molar-refractivity contribution is -0.120. The normalized spacial score (nSPS) is 9.71. The second kappa shape index (κ2) is 6.52. The van der Waals surface area contributed by atoms with Gasteiger partial charge in [-0.05, 0) is 19.1 Å². The summed E-state index contributed by atoms with van der Waals surface area (Å²) in [7, 11) is 0. The van der Waals surface area contributed by atoms with Gasteiger partial charge in [-0.2, -0.15) is 0 Å². The van der Waals surface area contributed by atoms with Gasteiger partial charge in [-0.15, -0.1) is 0 Å². The molecule has 0 fully saturated rings. The van der Waals surface area contributed by atoms with Crippen LogP contribution in [-0.2, 0) is 4.79 Å². The molecule has 5 nitrogen and oxygen atoms in total. The second-order valence-electron chi connectivity index (χ2n) is 3.48. The fourth-order valence-corrected chi connectivity index (χ4v) is 1.42. The van der Waals surface area contributed by atoms with Crippen molar-refractivity contribution in [3.05, 3.63) is 29.8 Å². The number of para-hydroxylation sites is 1. The molecule has 0 saturated heterocycles. The number of hydrogen-bond acceptors (Lipinski definition) is 3. The maximum absolute atomic E-state index is 11.2. The number of benzene rings is 1. The van der Waals surface area contributed by atoms with Crippen molar-refractivity contribution in [2.75, 3.05) is 18.4 Å². The van der Waals surface area contributed by atoms with Crippen LogP contribution in [0.3, 0.4) is 0 Å². The molecule has 0 aliphatic heterocycles. The smallest absolute Gasteiger partial charge is 0.337 e. The molecule has 0 unspecified atom stereocenters. The number of anilines is 1. The topological polar surface area (TPSA) is 78.4 Å². The van der Waals surface area contributed by atoms with Crippen LogP contribution in [0.15, 0.2) is 24.3 Å². The van der Waals surface area contributed by atoms with Crippen molar-refractivity contribution in [2.24, 2.45) is 0 Å². The van der Waals surface area contributed by atoms with Crippen molar-refractivity contribution in [3.63, 3.8) is 0 Å². The van der Waals surface area contributed by atoms with Crippen molar-refractivity contribution in [1.29, 1.82) is 0 Å². The molecule has 0 aromatic heterocycles. The molecular formula is C12H16N2O3. The van der Waals surface area contributed by atoms with Crippen LogP contribution in [0.1, 0.15) is 23.7 Å². The van der Waals surface area contributed by atoms with Crippen LogP contribution in [0.25, 0.3) is 0 Å². The lowest BCUT2D eigenvalue weighted by Crippen LogP contribution is -2.25. The Labute approximate surface area is 99.8 Å². The monoisotopic (exact) mass is 236 g/mol. The van der Waals surface area contributed by atoms with E-state index in [1.807, 2.05) is 6.92 Å². The van der Waals surface area contributed by atoms with E-state index in [0.717, 1.165) is 0 Å². The summed E-state index contributed by atoms with van der Waals surface area (Å²) < 4.78 is 0. The first-order chi connectivity index (χ1) is 8.15. The summed E-state index contributed by atoms with van der Waals surface area (Å²) in [5.41, 5.74) is 0.743. The Balaban J connectivity index is 2.52. The maximum atomic E-state index is 11.2. The van der Waals surface area contributed by atoms with Gasteiger partial charge < -0.3 is 15.7 Å². The minimum Gasteiger partial charge on any atom is -0.478 e. The summed E-state index contributed by atoms with van der Waals surface area (Å²) in [5.74, 6) is -1.03. The largest absolute Gasteiger partial charge is 0.478 e. The molecule has 1 rings (SSSR count). The summed E-state index contributed by atoms with van der Waals surface area (Å²) >= 11 is 0. The Morgan fingerprint density at radius 2 is 2.00 bits per heavy atom. The van der Waals surface area contributed by atoms with Gasteiger partial charge in [0.15, 0.2) is 0 Å². The van der Waals surface area contributed by atoms with Crippen LogP contribution >= 0.6 is 0 Å². The zero-order valence-corrected chi connectivity index (χ0v) is 9.69. The predicted octanol–water partition coefficient (Wildman–Crippen LogP) is 1.32. The van der Waals surface area contributed by atoms with Gasteiger partial charge in [0.25, 0.3) is 0 Å². The summed E-state index contributed by atoms with van der Waals surface area (Å²) in [6.07, 6.45) is 0.321. The van der Waals surface area contributed by atoms with E-state index in [9.17, 15) is 9.59 Å². The molecule has 0 aliphatic carbocycles. The highest BCUT2D eigenvalue weighted by molar-refractivity contribution is 5.94. The minimum atomic E-state index is -0.980. The van der Waals surface area contributed by atoms with Crippen LogP contribution in [-0.4, -0.2) is 30.1 Å². The first-order valence-corrected chi connectivity index (χ1v) is 5.48. The number of hydrogen-bond donors (Lipinski definition) is 3. The Hall–Kier alpha value is -2.04. The van der Waals surface area contributed by atoms with Gasteiger partial charge in [-0.1, -0.05) is 12.1 Å². The van der Waals surface area contributed by atoms with E-state index in [4.69, 9.17) is 5.11 Å². The highest BCUT2D eigenvalue weighted by atomic mass is 16.4. The first-order valence-electron chi connectivity index (χ1n) is 5.48. The number of aromatic carboxylic acids is 1. The molecule has 1 aromatic carbocycles. The highest BCUT2D eigenvalue weighted by Crippen LogP contribution is 2.14. The van der Waals surface area contributed by atoms with Gasteiger partial charge in [0, 0.05) is 25.2 Å². The molecule has 0 bridgehead atoms. The lowest BCUT2D eigenvalue weighted by Gasteiger charge is -2.08. The molecule has 0 heterocycles. The zero-order chi connectivity index (χ0) is 12.7. The fourth-order valence-electron chi connectivity index (χ4n) is 1.42. The average molecular weight is 236 g/mol. The Bertz CT molecular complexity index is 404. The lowest BCUT2D eigenvalue weighted by atomic mass is 10.2. The number of carboxylic acids is 1. The van der Waals surface area contributed by atoms with Crippen LogP contribution < -0.4 is 10.6 Å². The molecule has 92 valence electrons. The van der Waals surface area contributed by atoms with E-state index in [1.165, 1.54) is 6.07 Å². The van der Waals surface area contributed by atoms with E-state index in [-0.39, 0.29) is 11.5 Å². The SMILES string of the molecule is CCNC(=O)CCNc1ccccc1C(=O)O. The standard InChI is InChI=1S/C12H16N2O3/c1-2-13-11(15)7-8-14-10-6-4-3-5-9(10)12(16)17/h3-6,14H,2,7-8H2,1H3,(H,13,15)(H,16,17). The molecular weight excluding hydrogens is 220 g/mol. The van der Waals surface area contributed by atoms with Gasteiger partial charge in [-0.3, -0.25) is 4.79 Å². The third kappa shape index (κ3) is 4.14. The van der Waals surface area contributed by atoms with E-state index < -0.39 is 5.97 Å². The summed E-state index contributed by atoms with van der Waals surface area (Å²) in [6.45, 7) is 2.87. The molecule has 17 heavy (non-hydrogen) atoms. The van der Waals surface area contributed by atoms with Gasteiger partial charge in [0.2, 0.25) is 5.91 Å². The summed E-state index contributed by atoms with van der Waals surface area (Å²) in [4.78, 5) is 22.1. The van der Waals surface area contributed by atoms with Gasteiger partial charge in [0.05, 0.1) is 5.56 Å². The minimum absolute atomic E-state index is 0.0483. The van der Waals surface area contributed by atoms with Crippen molar-refractivity contribution in [2.45, 2.75) is 13.3 Å². The number of carbonyl (C=O) groups excluding carboxylic acids is 1. The average Bonchev–Trinajstić information content (AvgIpc) is 2.30. The Morgan fingerprint density at radius 3 is 2.65 bits per heavy atom. The molecule has 0 saturated carbocycles. The maximum Gasteiger partial charge on any atom is 0.337 e. The molecule has 0 aliphatic rings. The molecule has 3 N–H and O–H groups in total. The number of carboxylic acid groups (broad SMARTS) is 1. The van der Waals surface area contributed by atoms with Crippen LogP contribution in [0.2, 0.25) is 0 Å². The summed E-state index contributed by atoms with van der Waals surface area (Å²) in [6, 6.07) is 6.62. The van der Waals surface area contributed by atoms with Crippen molar-refractivity contribution < 1.29 is 14.7 Å². The zero-order valence-electron chi connectivity index (χ0n) is 9.69. The Morgan fingerprint density at radius 1 is 1.29 bits per heavy atom. The molecule has 5 heteroatoms. The molecule has 1 aromatic rings. The third-order valence-corrected chi connectivity index (χ3v) is 2.20. The molecule has 1 amide bonds. The second-order valence-corrected chi connectivity index (χ2v) is 3.48. The molecule has 0 radical (unpaired) electrons. The van der Waals surface area contributed by atoms with Crippen LogP contribution in [0, 0.1) is 0 Å². The van der Waals surface area contributed by atoms with Crippen molar-refractivity contribution in [3.8, 4) is 0 Å². The quantitative estimate of drug-likeness (QED) is 0.696. The van der Waals surface area contributed by atoms with Crippen molar-refractivity contribution in [1.82, 2.24) is 5.32 Å². The van der Waals surface area contributed by atoms with Gasteiger partial charge >= 0.3 is 5.97 Å². The van der Waals surface area contributed by atoms with E-state index in [1.54, 1.807) is 18.2 Å². The first kappa shape index (κ1) is 13.0.